The van der Waals surface area contributed by atoms with Crippen molar-refractivity contribution in [2.45, 2.75) is 9.92 Å². The normalized spacial score (nSPS) is 10.8. The molecule has 2 aromatic carbocycles. The summed E-state index contributed by atoms with van der Waals surface area (Å²) in [5.41, 5.74) is 2.52. The zero-order chi connectivity index (χ0) is 17.1. The molecule has 0 radical (unpaired) electrons. The standard InChI is InChI=1S/C18H15FN2OS2/c1-23-14-8-6-11(7-9-14)16-15(12-4-3-5-13(19)10-12)17(24-2)21-18(22)20-16/h3-10H,1-2H3,(H,20,21,22). The van der Waals surface area contributed by atoms with Gasteiger partial charge in [-0.2, -0.15) is 4.98 Å². The fraction of sp³-hybridized carbons (Fsp3) is 0.111. The first-order valence-electron chi connectivity index (χ1n) is 7.21. The Kier molecular flexibility index (Phi) is 5.06. The van der Waals surface area contributed by atoms with Crippen LogP contribution in [0.5, 0.6) is 0 Å². The van der Waals surface area contributed by atoms with E-state index in [9.17, 15) is 9.18 Å². The van der Waals surface area contributed by atoms with Gasteiger partial charge >= 0.3 is 5.69 Å². The van der Waals surface area contributed by atoms with E-state index in [-0.39, 0.29) is 5.82 Å². The van der Waals surface area contributed by atoms with Gasteiger partial charge in [-0.1, -0.05) is 24.3 Å². The molecule has 0 aliphatic rings. The molecule has 0 amide bonds. The van der Waals surface area contributed by atoms with Crippen LogP contribution in [0.2, 0.25) is 0 Å². The number of benzene rings is 2. The second-order valence-corrected chi connectivity index (χ2v) is 6.71. The molecule has 3 nitrogen and oxygen atoms in total. The van der Waals surface area contributed by atoms with Crippen molar-refractivity contribution in [3.8, 4) is 22.4 Å². The summed E-state index contributed by atoms with van der Waals surface area (Å²) in [6.07, 6.45) is 3.86. The van der Waals surface area contributed by atoms with Gasteiger partial charge in [0.2, 0.25) is 0 Å². The minimum absolute atomic E-state index is 0.325. The largest absolute Gasteiger partial charge is 0.346 e. The van der Waals surface area contributed by atoms with Gasteiger partial charge in [-0.15, -0.1) is 23.5 Å². The summed E-state index contributed by atoms with van der Waals surface area (Å²) < 4.78 is 13.7. The molecule has 0 saturated carbocycles. The summed E-state index contributed by atoms with van der Waals surface area (Å²) in [7, 11) is 0. The van der Waals surface area contributed by atoms with Crippen LogP contribution in [-0.2, 0) is 0 Å². The van der Waals surface area contributed by atoms with E-state index in [1.54, 1.807) is 17.8 Å². The van der Waals surface area contributed by atoms with E-state index >= 15 is 0 Å². The van der Waals surface area contributed by atoms with Gasteiger partial charge in [0.1, 0.15) is 10.8 Å². The van der Waals surface area contributed by atoms with E-state index in [0.717, 1.165) is 16.0 Å². The molecular weight excluding hydrogens is 343 g/mol. The molecule has 0 unspecified atom stereocenters. The summed E-state index contributed by atoms with van der Waals surface area (Å²) >= 11 is 3.02. The van der Waals surface area contributed by atoms with Crippen molar-refractivity contribution in [1.29, 1.82) is 0 Å². The monoisotopic (exact) mass is 358 g/mol. The van der Waals surface area contributed by atoms with Crippen LogP contribution in [0.15, 0.2) is 63.2 Å². The van der Waals surface area contributed by atoms with Gasteiger partial charge in [-0.05, 0) is 47.9 Å². The van der Waals surface area contributed by atoms with Crippen LogP contribution in [0.3, 0.4) is 0 Å². The predicted molar refractivity (Wildman–Crippen MR) is 99.2 cm³/mol. The molecule has 0 spiro atoms. The van der Waals surface area contributed by atoms with Crippen molar-refractivity contribution in [2.75, 3.05) is 12.5 Å². The van der Waals surface area contributed by atoms with Crippen molar-refractivity contribution < 1.29 is 4.39 Å². The molecule has 0 atom stereocenters. The molecule has 6 heteroatoms. The molecule has 0 bridgehead atoms. The Morgan fingerprint density at radius 3 is 2.38 bits per heavy atom. The van der Waals surface area contributed by atoms with Crippen LogP contribution >= 0.6 is 23.5 Å². The Hall–Kier alpha value is -2.05. The van der Waals surface area contributed by atoms with Crippen LogP contribution < -0.4 is 5.69 Å². The average molecular weight is 358 g/mol. The van der Waals surface area contributed by atoms with Crippen LogP contribution in [-0.4, -0.2) is 22.5 Å². The highest BCUT2D eigenvalue weighted by Crippen LogP contribution is 2.36. The van der Waals surface area contributed by atoms with Crippen molar-refractivity contribution in [3.63, 3.8) is 0 Å². The second kappa shape index (κ2) is 7.23. The SMILES string of the molecule is CSc1ccc(-c2[nH]c(=O)nc(SC)c2-c2cccc(F)c2)cc1. The highest BCUT2D eigenvalue weighted by atomic mass is 32.2. The first kappa shape index (κ1) is 16.8. The van der Waals surface area contributed by atoms with Gasteiger partial charge in [0.25, 0.3) is 0 Å². The molecule has 122 valence electrons. The van der Waals surface area contributed by atoms with Gasteiger partial charge in [0, 0.05) is 10.5 Å². The van der Waals surface area contributed by atoms with Crippen molar-refractivity contribution in [1.82, 2.24) is 9.97 Å². The maximum atomic E-state index is 13.7. The number of nitrogens with one attached hydrogen (secondary N) is 1. The molecule has 0 fully saturated rings. The molecule has 0 saturated heterocycles. The summed E-state index contributed by atoms with van der Waals surface area (Å²) in [5.74, 6) is -0.325. The van der Waals surface area contributed by atoms with E-state index in [1.807, 2.05) is 42.8 Å². The Balaban J connectivity index is 2.27. The van der Waals surface area contributed by atoms with E-state index < -0.39 is 5.69 Å². The Labute approximate surface area is 147 Å². The van der Waals surface area contributed by atoms with Gasteiger partial charge in [-0.25, -0.2) is 9.18 Å². The smallest absolute Gasteiger partial charge is 0.305 e. The molecule has 0 aliphatic heterocycles. The number of thioether (sulfide) groups is 2. The van der Waals surface area contributed by atoms with Gasteiger partial charge < -0.3 is 4.98 Å². The Bertz CT molecular complexity index is 923. The van der Waals surface area contributed by atoms with Crippen LogP contribution in [0, 0.1) is 5.82 Å². The third-order valence-corrected chi connectivity index (χ3v) is 5.01. The first-order valence-corrected chi connectivity index (χ1v) is 9.66. The quantitative estimate of drug-likeness (QED) is 0.543. The molecule has 3 rings (SSSR count). The number of hydrogen-bond donors (Lipinski definition) is 1. The summed E-state index contributed by atoms with van der Waals surface area (Å²) in [5, 5.41) is 0.577. The van der Waals surface area contributed by atoms with Crippen molar-refractivity contribution >= 4 is 23.5 Å². The number of aromatic amines is 1. The number of aromatic nitrogens is 2. The average Bonchev–Trinajstić information content (AvgIpc) is 2.61. The fourth-order valence-electron chi connectivity index (χ4n) is 2.49. The Morgan fingerprint density at radius 2 is 1.75 bits per heavy atom. The lowest BCUT2D eigenvalue weighted by Gasteiger charge is -2.13. The summed E-state index contributed by atoms with van der Waals surface area (Å²) in [6.45, 7) is 0. The number of nitrogens with zero attached hydrogens (tertiary/aromatic N) is 1. The highest BCUT2D eigenvalue weighted by molar-refractivity contribution is 7.98. The lowest BCUT2D eigenvalue weighted by molar-refractivity contribution is 0.628. The Morgan fingerprint density at radius 1 is 1.00 bits per heavy atom. The van der Waals surface area contributed by atoms with Crippen molar-refractivity contribution in [2.24, 2.45) is 0 Å². The molecular formula is C18H15FN2OS2. The highest BCUT2D eigenvalue weighted by Gasteiger charge is 2.16. The lowest BCUT2D eigenvalue weighted by atomic mass is 10.0. The van der Waals surface area contributed by atoms with Crippen LogP contribution in [0.25, 0.3) is 22.4 Å². The lowest BCUT2D eigenvalue weighted by Crippen LogP contribution is -2.13. The molecule has 3 aromatic rings. The van der Waals surface area contributed by atoms with Crippen LogP contribution in [0.1, 0.15) is 0 Å². The number of hydrogen-bond acceptors (Lipinski definition) is 4. The zero-order valence-corrected chi connectivity index (χ0v) is 14.8. The van der Waals surface area contributed by atoms with E-state index in [2.05, 4.69) is 9.97 Å². The molecule has 1 heterocycles. The fourth-order valence-corrected chi connectivity index (χ4v) is 3.49. The van der Waals surface area contributed by atoms with E-state index in [1.165, 1.54) is 23.9 Å². The minimum Gasteiger partial charge on any atom is -0.305 e. The first-order chi connectivity index (χ1) is 11.6. The van der Waals surface area contributed by atoms with E-state index in [4.69, 9.17) is 0 Å². The second-order valence-electron chi connectivity index (χ2n) is 5.04. The minimum atomic E-state index is -0.413. The number of rotatable bonds is 4. The van der Waals surface area contributed by atoms with Crippen LogP contribution in [0.4, 0.5) is 4.39 Å². The number of halogens is 1. The van der Waals surface area contributed by atoms with Gasteiger partial charge in [0.15, 0.2) is 0 Å². The topological polar surface area (TPSA) is 45.8 Å². The zero-order valence-electron chi connectivity index (χ0n) is 13.2. The van der Waals surface area contributed by atoms with Gasteiger partial charge in [-0.3, -0.25) is 0 Å². The molecule has 1 N–H and O–H groups in total. The summed E-state index contributed by atoms with van der Waals surface area (Å²) in [4.78, 5) is 19.9. The maximum absolute atomic E-state index is 13.7. The summed E-state index contributed by atoms with van der Waals surface area (Å²) in [6, 6.07) is 14.2. The molecule has 0 aliphatic carbocycles. The van der Waals surface area contributed by atoms with Crippen molar-refractivity contribution in [3.05, 3.63) is 64.8 Å². The molecule has 24 heavy (non-hydrogen) atoms. The maximum Gasteiger partial charge on any atom is 0.346 e. The third kappa shape index (κ3) is 3.39. The molecule has 1 aromatic heterocycles. The number of H-pyrrole nitrogens is 1. The predicted octanol–water partition coefficient (Wildman–Crippen LogP) is 4.69. The third-order valence-electron chi connectivity index (χ3n) is 3.58. The van der Waals surface area contributed by atoms with E-state index in [0.29, 0.717) is 16.3 Å². The van der Waals surface area contributed by atoms with Gasteiger partial charge in [0.05, 0.1) is 5.69 Å².